The van der Waals surface area contributed by atoms with Crippen LogP contribution in [0.15, 0.2) is 45.2 Å². The third kappa shape index (κ3) is 3.16. The first-order valence-electron chi connectivity index (χ1n) is 8.52. The Morgan fingerprint density at radius 2 is 2.14 bits per heavy atom. The first-order chi connectivity index (χ1) is 13.5. The van der Waals surface area contributed by atoms with Crippen molar-refractivity contribution >= 4 is 22.9 Å². The topological polar surface area (TPSA) is 110 Å². The molecule has 3 rings (SSSR count). The average Bonchev–Trinajstić information content (AvgIpc) is 3.01. The van der Waals surface area contributed by atoms with Crippen molar-refractivity contribution < 1.29 is 19.0 Å². The number of hydrogen-bond acceptors (Lipinski definition) is 9. The molecule has 0 fully saturated rings. The number of carbonyl (C=O) groups excluding carboxylic acids is 1. The van der Waals surface area contributed by atoms with Gasteiger partial charge in [0.15, 0.2) is 5.17 Å². The Balaban J connectivity index is 2.27. The molecular formula is C19H20N4O4S. The third-order valence-corrected chi connectivity index (χ3v) is 5.38. The van der Waals surface area contributed by atoms with Crippen LogP contribution in [0.25, 0.3) is 0 Å². The molecule has 0 saturated heterocycles. The van der Waals surface area contributed by atoms with Crippen LogP contribution in [0.1, 0.15) is 25.5 Å². The number of amidine groups is 1. The minimum atomic E-state index is -0.671. The predicted molar refractivity (Wildman–Crippen MR) is 105 cm³/mol. The van der Waals surface area contributed by atoms with Gasteiger partial charge >= 0.3 is 5.97 Å². The van der Waals surface area contributed by atoms with Gasteiger partial charge in [0.1, 0.15) is 34.3 Å². The van der Waals surface area contributed by atoms with Gasteiger partial charge in [-0.2, -0.15) is 5.26 Å². The zero-order chi connectivity index (χ0) is 20.4. The lowest BCUT2D eigenvalue weighted by atomic mass is 9.93. The molecule has 1 aromatic carbocycles. The molecule has 28 heavy (non-hydrogen) atoms. The number of allylic oxidation sites excluding steroid dienone is 2. The summed E-state index contributed by atoms with van der Waals surface area (Å²) in [6.07, 6.45) is 0. The Hall–Kier alpha value is -3.12. The number of rotatable bonds is 5. The zero-order valence-corrected chi connectivity index (χ0v) is 16.8. The SMILES string of the molecule is CCOC(=O)C1=C(C)N=C2SC(C#N)=C(N)N2[C@H]1c1cc(OC)ccc1OC. The number of ether oxygens (including phenoxy) is 3. The van der Waals surface area contributed by atoms with Gasteiger partial charge in [-0.3, -0.25) is 4.90 Å². The number of carbonyl (C=O) groups is 1. The van der Waals surface area contributed by atoms with E-state index in [1.54, 1.807) is 51.2 Å². The minimum Gasteiger partial charge on any atom is -0.497 e. The molecule has 0 spiro atoms. The summed E-state index contributed by atoms with van der Waals surface area (Å²) >= 11 is 1.17. The van der Waals surface area contributed by atoms with Gasteiger partial charge in [-0.1, -0.05) is 0 Å². The molecule has 8 nitrogen and oxygen atoms in total. The summed E-state index contributed by atoms with van der Waals surface area (Å²) in [6, 6.07) is 6.71. The molecule has 1 aromatic rings. The number of nitrogens with zero attached hydrogens (tertiary/aromatic N) is 3. The molecule has 0 bridgehead atoms. The molecule has 0 aliphatic carbocycles. The van der Waals surface area contributed by atoms with Gasteiger partial charge in [0.2, 0.25) is 0 Å². The molecule has 1 atom stereocenters. The van der Waals surface area contributed by atoms with Crippen molar-refractivity contribution in [2.24, 2.45) is 10.7 Å². The number of aliphatic imine (C=N–C) groups is 1. The number of benzene rings is 1. The summed E-state index contributed by atoms with van der Waals surface area (Å²) in [5, 5.41) is 9.93. The molecule has 2 aliphatic heterocycles. The molecule has 2 aliphatic rings. The molecule has 0 amide bonds. The highest BCUT2D eigenvalue weighted by Crippen LogP contribution is 2.47. The van der Waals surface area contributed by atoms with Crippen molar-refractivity contribution in [3.05, 3.63) is 45.8 Å². The second-order valence-electron chi connectivity index (χ2n) is 5.92. The number of hydrogen-bond donors (Lipinski definition) is 1. The van der Waals surface area contributed by atoms with Crippen LogP contribution in [0.4, 0.5) is 0 Å². The van der Waals surface area contributed by atoms with Crippen LogP contribution < -0.4 is 15.2 Å². The lowest BCUT2D eigenvalue weighted by molar-refractivity contribution is -0.139. The number of esters is 1. The monoisotopic (exact) mass is 400 g/mol. The van der Waals surface area contributed by atoms with E-state index >= 15 is 0 Å². The predicted octanol–water partition coefficient (Wildman–Crippen LogP) is 2.65. The van der Waals surface area contributed by atoms with Gasteiger partial charge in [-0.15, -0.1) is 0 Å². The van der Waals surface area contributed by atoms with Crippen molar-refractivity contribution in [2.75, 3.05) is 20.8 Å². The van der Waals surface area contributed by atoms with E-state index in [0.29, 0.717) is 38.4 Å². The van der Waals surface area contributed by atoms with Crippen LogP contribution in [0, 0.1) is 11.3 Å². The van der Waals surface area contributed by atoms with Gasteiger partial charge in [0, 0.05) is 5.56 Å². The minimum absolute atomic E-state index is 0.220. The average molecular weight is 400 g/mol. The van der Waals surface area contributed by atoms with Crippen molar-refractivity contribution in [3.63, 3.8) is 0 Å². The van der Waals surface area contributed by atoms with E-state index < -0.39 is 12.0 Å². The summed E-state index contributed by atoms with van der Waals surface area (Å²) < 4.78 is 16.2. The van der Waals surface area contributed by atoms with E-state index in [1.807, 2.05) is 0 Å². The summed E-state index contributed by atoms with van der Waals surface area (Å²) in [5.74, 6) is 0.872. The maximum absolute atomic E-state index is 12.8. The number of nitrogens with two attached hydrogens (primary N) is 1. The molecule has 2 heterocycles. The van der Waals surface area contributed by atoms with E-state index in [4.69, 9.17) is 19.9 Å². The van der Waals surface area contributed by atoms with Gasteiger partial charge in [-0.05, 0) is 43.8 Å². The fourth-order valence-electron chi connectivity index (χ4n) is 3.16. The number of thioether (sulfide) groups is 1. The molecule has 0 unspecified atom stereocenters. The molecular weight excluding hydrogens is 380 g/mol. The Bertz CT molecular complexity index is 961. The quantitative estimate of drug-likeness (QED) is 0.751. The molecule has 0 saturated carbocycles. The van der Waals surface area contributed by atoms with Crippen molar-refractivity contribution in [3.8, 4) is 17.6 Å². The van der Waals surface area contributed by atoms with Crippen LogP contribution in [-0.2, 0) is 9.53 Å². The van der Waals surface area contributed by atoms with Gasteiger partial charge in [0.05, 0.1) is 32.1 Å². The Morgan fingerprint density at radius 3 is 2.75 bits per heavy atom. The summed E-state index contributed by atoms with van der Waals surface area (Å²) in [5.41, 5.74) is 7.73. The van der Waals surface area contributed by atoms with E-state index in [9.17, 15) is 10.1 Å². The zero-order valence-electron chi connectivity index (χ0n) is 16.0. The van der Waals surface area contributed by atoms with Gasteiger partial charge in [-0.25, -0.2) is 9.79 Å². The molecule has 0 radical (unpaired) electrons. The van der Waals surface area contributed by atoms with Crippen molar-refractivity contribution in [1.29, 1.82) is 5.26 Å². The fraction of sp³-hybridized carbons (Fsp3) is 0.316. The van der Waals surface area contributed by atoms with Crippen LogP contribution in [0.5, 0.6) is 11.5 Å². The Labute approximate surface area is 167 Å². The number of nitriles is 1. The van der Waals surface area contributed by atoms with Crippen molar-refractivity contribution in [2.45, 2.75) is 19.9 Å². The fourth-order valence-corrected chi connectivity index (χ4v) is 4.07. The lowest BCUT2D eigenvalue weighted by Gasteiger charge is -2.35. The Morgan fingerprint density at radius 1 is 1.39 bits per heavy atom. The van der Waals surface area contributed by atoms with E-state index in [1.165, 1.54) is 11.8 Å². The van der Waals surface area contributed by atoms with Crippen LogP contribution in [0.2, 0.25) is 0 Å². The van der Waals surface area contributed by atoms with Crippen LogP contribution in [0.3, 0.4) is 0 Å². The van der Waals surface area contributed by atoms with Crippen LogP contribution in [-0.4, -0.2) is 36.9 Å². The maximum Gasteiger partial charge on any atom is 0.338 e. The van der Waals surface area contributed by atoms with Gasteiger partial charge in [0.25, 0.3) is 0 Å². The third-order valence-electron chi connectivity index (χ3n) is 4.40. The lowest BCUT2D eigenvalue weighted by Crippen LogP contribution is -2.39. The maximum atomic E-state index is 12.8. The number of fused-ring (bicyclic) bond motifs is 1. The second kappa shape index (κ2) is 7.86. The van der Waals surface area contributed by atoms with Gasteiger partial charge < -0.3 is 19.9 Å². The summed E-state index contributed by atoms with van der Waals surface area (Å²) in [6.45, 7) is 3.69. The molecule has 146 valence electrons. The highest BCUT2D eigenvalue weighted by atomic mass is 32.2. The van der Waals surface area contributed by atoms with E-state index in [0.717, 1.165) is 0 Å². The Kier molecular flexibility index (Phi) is 5.51. The summed E-state index contributed by atoms with van der Waals surface area (Å²) in [4.78, 5) is 19.3. The van der Waals surface area contributed by atoms with Crippen molar-refractivity contribution in [1.82, 2.24) is 4.90 Å². The largest absolute Gasteiger partial charge is 0.497 e. The first kappa shape index (κ1) is 19.6. The highest BCUT2D eigenvalue weighted by molar-refractivity contribution is 8.17. The molecule has 9 heteroatoms. The normalized spacial score (nSPS) is 18.5. The van der Waals surface area contributed by atoms with Crippen LogP contribution >= 0.6 is 11.8 Å². The second-order valence-corrected chi connectivity index (χ2v) is 6.90. The highest BCUT2D eigenvalue weighted by Gasteiger charge is 2.43. The van der Waals surface area contributed by atoms with E-state index in [2.05, 4.69) is 11.1 Å². The smallest absolute Gasteiger partial charge is 0.338 e. The standard InChI is InChI=1S/C19H20N4O4S/c1-5-27-18(24)15-10(2)22-19-23(17(21)14(9-20)28-19)16(15)12-8-11(25-3)6-7-13(12)26-4/h6-8,16H,5,21H2,1-4H3/t16-/m0/s1. The van der Waals surface area contributed by atoms with E-state index in [-0.39, 0.29) is 12.4 Å². The first-order valence-corrected chi connectivity index (χ1v) is 9.33. The summed E-state index contributed by atoms with van der Waals surface area (Å²) in [7, 11) is 3.10. The molecule has 2 N–H and O–H groups in total. The number of methoxy groups -OCH3 is 2. The molecule has 0 aromatic heterocycles.